The molecule has 3 saturated carbocycles. The number of allylic oxidation sites excluding steroid dienone is 4. The Hall–Kier alpha value is -0.620. The lowest BCUT2D eigenvalue weighted by Gasteiger charge is -2.63. The Kier molecular flexibility index (Phi) is 4.57. The van der Waals surface area contributed by atoms with Crippen molar-refractivity contribution >= 4 is 35.8 Å². The highest BCUT2D eigenvalue weighted by Gasteiger charge is 2.74. The molecule has 3 fully saturated rings. The minimum atomic E-state index is -1.51. The van der Waals surface area contributed by atoms with Crippen LogP contribution in [0.2, 0.25) is 0 Å². The van der Waals surface area contributed by atoms with E-state index in [2.05, 4.69) is 12.6 Å². The molecule has 4 aliphatic rings. The molecule has 0 aromatic rings. The van der Waals surface area contributed by atoms with Crippen molar-refractivity contribution in [2.24, 2.45) is 28.6 Å². The van der Waals surface area contributed by atoms with E-state index in [0.717, 1.165) is 18.4 Å². The number of hydrogen-bond donors (Lipinski definition) is 3. The lowest BCUT2D eigenvalue weighted by molar-refractivity contribution is -0.175. The monoisotopic (exact) mass is 424 g/mol. The van der Waals surface area contributed by atoms with Crippen LogP contribution < -0.4 is 0 Å². The predicted molar refractivity (Wildman–Crippen MR) is 111 cm³/mol. The first-order valence-corrected chi connectivity index (χ1v) is 11.2. The molecular weight excluding hydrogens is 396 g/mol. The molecule has 0 spiro atoms. The summed E-state index contributed by atoms with van der Waals surface area (Å²) in [7, 11) is 0. The van der Waals surface area contributed by atoms with E-state index >= 15 is 0 Å². The summed E-state index contributed by atoms with van der Waals surface area (Å²) in [5.41, 5.74) is -1.90. The summed E-state index contributed by atoms with van der Waals surface area (Å²) in [5, 5.41) is 23.0. The van der Waals surface area contributed by atoms with Crippen LogP contribution in [0.1, 0.15) is 46.5 Å². The molecule has 8 atom stereocenters. The molecule has 4 nitrogen and oxygen atoms in total. The van der Waals surface area contributed by atoms with Gasteiger partial charge in [0.25, 0.3) is 0 Å². The van der Waals surface area contributed by atoms with Crippen molar-refractivity contribution in [1.82, 2.24) is 0 Å². The lowest BCUT2D eigenvalue weighted by atomic mass is 9.45. The maximum atomic E-state index is 12.8. The summed E-state index contributed by atoms with van der Waals surface area (Å²) < 4.78 is 0. The fourth-order valence-electron chi connectivity index (χ4n) is 7.26. The summed E-state index contributed by atoms with van der Waals surface area (Å²) in [6.45, 7) is 5.87. The summed E-state index contributed by atoms with van der Waals surface area (Å²) in [4.78, 5) is 23.7. The van der Waals surface area contributed by atoms with Crippen molar-refractivity contribution in [2.75, 3.05) is 5.75 Å². The Morgan fingerprint density at radius 3 is 2.68 bits per heavy atom. The quantitative estimate of drug-likeness (QED) is 0.470. The van der Waals surface area contributed by atoms with E-state index in [1.807, 2.05) is 26.8 Å². The van der Waals surface area contributed by atoms with Gasteiger partial charge in [-0.2, -0.15) is 12.6 Å². The Morgan fingerprint density at radius 1 is 1.36 bits per heavy atom. The Labute approximate surface area is 176 Å². The van der Waals surface area contributed by atoms with Crippen molar-refractivity contribution in [2.45, 2.75) is 63.0 Å². The van der Waals surface area contributed by atoms with Gasteiger partial charge < -0.3 is 10.2 Å². The molecule has 154 valence electrons. The van der Waals surface area contributed by atoms with E-state index < -0.39 is 27.4 Å². The molecule has 0 saturated heterocycles. The zero-order valence-corrected chi connectivity index (χ0v) is 18.3. The maximum absolute atomic E-state index is 12.8. The Balaban J connectivity index is 1.84. The molecule has 0 heterocycles. The summed E-state index contributed by atoms with van der Waals surface area (Å²) in [5.74, 6) is -0.598. The molecule has 2 N–H and O–H groups in total. The van der Waals surface area contributed by atoms with E-state index in [0.29, 0.717) is 6.42 Å². The van der Waals surface area contributed by atoms with E-state index in [1.54, 1.807) is 12.2 Å². The van der Waals surface area contributed by atoms with Gasteiger partial charge in [0.2, 0.25) is 0 Å². The van der Waals surface area contributed by atoms with Crippen LogP contribution in [0.5, 0.6) is 0 Å². The highest BCUT2D eigenvalue weighted by atomic mass is 35.5. The second-order valence-corrected chi connectivity index (χ2v) is 10.7. The number of aliphatic hydroxyl groups is 2. The van der Waals surface area contributed by atoms with Gasteiger partial charge in [-0.3, -0.25) is 9.59 Å². The molecule has 0 amide bonds. The number of halogens is 1. The van der Waals surface area contributed by atoms with Gasteiger partial charge in [0.05, 0.1) is 16.7 Å². The van der Waals surface area contributed by atoms with Gasteiger partial charge in [0, 0.05) is 10.8 Å². The number of Topliss-reactive ketones (excluding diaryl/α,β-unsaturated/α-hetero) is 1. The highest BCUT2D eigenvalue weighted by molar-refractivity contribution is 7.81. The van der Waals surface area contributed by atoms with E-state index in [9.17, 15) is 19.8 Å². The van der Waals surface area contributed by atoms with Gasteiger partial charge in [-0.25, -0.2) is 0 Å². The van der Waals surface area contributed by atoms with Crippen LogP contribution in [0.3, 0.4) is 0 Å². The zero-order chi connectivity index (χ0) is 20.7. The van der Waals surface area contributed by atoms with Crippen LogP contribution in [0, 0.1) is 28.6 Å². The fraction of sp³-hybridized carbons (Fsp3) is 0.727. The molecule has 0 aromatic carbocycles. The molecule has 0 aromatic heterocycles. The Morgan fingerprint density at radius 2 is 2.04 bits per heavy atom. The molecule has 6 heteroatoms. The van der Waals surface area contributed by atoms with Crippen LogP contribution in [0.15, 0.2) is 23.8 Å². The van der Waals surface area contributed by atoms with Crippen LogP contribution in [0.25, 0.3) is 0 Å². The van der Waals surface area contributed by atoms with E-state index in [4.69, 9.17) is 11.6 Å². The molecule has 0 aliphatic heterocycles. The lowest BCUT2D eigenvalue weighted by Crippen LogP contribution is -2.68. The smallest absolute Gasteiger partial charge is 0.178 e. The van der Waals surface area contributed by atoms with Gasteiger partial charge in [0.15, 0.2) is 11.6 Å². The van der Waals surface area contributed by atoms with Gasteiger partial charge in [-0.15, -0.1) is 11.6 Å². The standard InChI is InChI=1S/C22H29ClO4S/c1-12-8-16-15-5-4-13-9-14(24)6-7-19(13,2)21(15,23)17(25)10-20(16,3)22(12,27)18(26)11-28/h6-7,9,12,15-17,25,27-28H,4-5,8,10-11H2,1-3H3/t12-,15-,16-,17-,19-,20-,21-,22-/m0/s1. The second kappa shape index (κ2) is 6.19. The molecule has 4 aliphatic carbocycles. The minimum absolute atomic E-state index is 0.0154. The largest absolute Gasteiger partial charge is 0.391 e. The van der Waals surface area contributed by atoms with Crippen LogP contribution >= 0.6 is 24.2 Å². The van der Waals surface area contributed by atoms with Gasteiger partial charge >= 0.3 is 0 Å². The third-order valence-corrected chi connectivity index (χ3v) is 10.0. The van der Waals surface area contributed by atoms with Gasteiger partial charge in [-0.1, -0.05) is 32.4 Å². The molecular formula is C22H29ClO4S. The molecule has 0 radical (unpaired) electrons. The van der Waals surface area contributed by atoms with Crippen molar-refractivity contribution in [3.05, 3.63) is 23.8 Å². The number of carbonyl (C=O) groups excluding carboxylic acids is 2. The fourth-order valence-corrected chi connectivity index (χ4v) is 8.02. The average Bonchev–Trinajstić information content (AvgIpc) is 2.84. The predicted octanol–water partition coefficient (Wildman–Crippen LogP) is 3.10. The molecule has 28 heavy (non-hydrogen) atoms. The topological polar surface area (TPSA) is 74.6 Å². The number of thiol groups is 1. The SMILES string of the molecule is C[C@H]1C[C@H]2[C@@H]3CCC4=CC(=O)C=C[C@]4(C)[C@@]3(Cl)[C@@H](O)C[C@]2(C)[C@@]1(O)C(=O)CS. The minimum Gasteiger partial charge on any atom is -0.391 e. The van der Waals surface area contributed by atoms with Crippen molar-refractivity contribution in [3.8, 4) is 0 Å². The summed E-state index contributed by atoms with van der Waals surface area (Å²) in [6, 6.07) is 0. The van der Waals surface area contributed by atoms with Gasteiger partial charge in [0.1, 0.15) is 5.60 Å². The average molecular weight is 425 g/mol. The normalized spacial score (nSPS) is 52.5. The third-order valence-electron chi connectivity index (χ3n) is 8.79. The number of fused-ring (bicyclic) bond motifs is 5. The maximum Gasteiger partial charge on any atom is 0.178 e. The summed E-state index contributed by atoms with van der Waals surface area (Å²) >= 11 is 11.5. The number of carbonyl (C=O) groups is 2. The Bertz CT molecular complexity index is 808. The highest BCUT2D eigenvalue weighted by Crippen LogP contribution is 2.71. The first kappa shape index (κ1) is 20.6. The van der Waals surface area contributed by atoms with Crippen molar-refractivity contribution < 1.29 is 19.8 Å². The first-order chi connectivity index (χ1) is 13.0. The zero-order valence-electron chi connectivity index (χ0n) is 16.6. The first-order valence-electron chi connectivity index (χ1n) is 10.1. The number of rotatable bonds is 2. The van der Waals surface area contributed by atoms with Crippen LogP contribution in [-0.4, -0.2) is 44.1 Å². The second-order valence-electron chi connectivity index (χ2n) is 9.75. The number of aliphatic hydroxyl groups excluding tert-OH is 1. The summed E-state index contributed by atoms with van der Waals surface area (Å²) in [6.07, 6.45) is 6.59. The molecule has 4 rings (SSSR count). The van der Waals surface area contributed by atoms with Crippen molar-refractivity contribution in [3.63, 3.8) is 0 Å². The van der Waals surface area contributed by atoms with Crippen molar-refractivity contribution in [1.29, 1.82) is 0 Å². The van der Waals surface area contributed by atoms with E-state index in [-0.39, 0.29) is 41.5 Å². The van der Waals surface area contributed by atoms with Gasteiger partial charge in [-0.05, 0) is 55.6 Å². The molecule has 0 bridgehead atoms. The number of hydrogen-bond acceptors (Lipinski definition) is 5. The van der Waals surface area contributed by atoms with Crippen LogP contribution in [0.4, 0.5) is 0 Å². The van der Waals surface area contributed by atoms with Crippen LogP contribution in [-0.2, 0) is 9.59 Å². The third kappa shape index (κ3) is 2.17. The van der Waals surface area contributed by atoms with E-state index in [1.165, 1.54) is 0 Å². The molecule has 0 unspecified atom stereocenters. The number of alkyl halides is 1. The number of ketones is 2.